The predicted octanol–water partition coefficient (Wildman–Crippen LogP) is 3.84. The summed E-state index contributed by atoms with van der Waals surface area (Å²) in [5, 5.41) is 22.2. The van der Waals surface area contributed by atoms with Crippen LogP contribution < -0.4 is 0 Å². The van der Waals surface area contributed by atoms with Crippen LogP contribution in [0.25, 0.3) is 0 Å². The van der Waals surface area contributed by atoms with Gasteiger partial charge in [-0.1, -0.05) is 18.6 Å². The van der Waals surface area contributed by atoms with Gasteiger partial charge in [0.05, 0.1) is 32.5 Å². The molecule has 31 heavy (non-hydrogen) atoms. The lowest BCUT2D eigenvalue weighted by atomic mass is 9.55. The zero-order valence-electron chi connectivity index (χ0n) is 18.4. The van der Waals surface area contributed by atoms with Crippen LogP contribution in [0.15, 0.2) is 22.8 Å². The summed E-state index contributed by atoms with van der Waals surface area (Å²) < 4.78 is 22.9. The molecule has 5 rings (SSSR count). The molecule has 174 valence electrons. The van der Waals surface area contributed by atoms with Gasteiger partial charge in [0, 0.05) is 5.41 Å². The maximum Gasteiger partial charge on any atom is 0.222 e. The summed E-state index contributed by atoms with van der Waals surface area (Å²) in [6.45, 7) is 4.06. The summed E-state index contributed by atoms with van der Waals surface area (Å²) in [4.78, 5) is 0. The highest BCUT2D eigenvalue weighted by molar-refractivity contribution is 14.1. The van der Waals surface area contributed by atoms with Crippen LogP contribution in [0.1, 0.15) is 58.3 Å². The molecule has 0 radical (unpaired) electrons. The number of hydrogen-bond acceptors (Lipinski definition) is 6. The molecule has 6 nitrogen and oxygen atoms in total. The van der Waals surface area contributed by atoms with Gasteiger partial charge in [-0.15, -0.1) is 0 Å². The number of ether oxygens (including phenoxy) is 3. The van der Waals surface area contributed by atoms with E-state index in [9.17, 15) is 10.2 Å². The van der Waals surface area contributed by atoms with Crippen LogP contribution in [-0.4, -0.2) is 60.7 Å². The van der Waals surface area contributed by atoms with E-state index in [2.05, 4.69) is 13.0 Å². The van der Waals surface area contributed by atoms with Crippen LogP contribution in [0.4, 0.5) is 0 Å². The van der Waals surface area contributed by atoms with Crippen molar-refractivity contribution in [3.8, 4) is 0 Å². The first-order valence-electron chi connectivity index (χ1n) is 11.9. The molecule has 7 heteroatoms. The first-order chi connectivity index (χ1) is 15.0. The molecule has 4 aliphatic carbocycles. The standard InChI is InChI=1S/C24H35IO6/c1-22-8-6-19-18-5-3-17(28-10-13-31-25)14-16(18)2-4-20(19)21(22)7-9-23(22,27)24(15-26)29-11-12-30-24/h6,17,20-21,26-27H,2-5,7-15H2,1H3/t17?,20?,21?,22?,23-/m1/s1. The normalized spacial score (nSPS) is 41.5. The van der Waals surface area contributed by atoms with Crippen molar-refractivity contribution in [2.75, 3.05) is 33.0 Å². The second-order valence-electron chi connectivity index (χ2n) is 10.2. The lowest BCUT2D eigenvalue weighted by Crippen LogP contribution is -2.65. The van der Waals surface area contributed by atoms with Gasteiger partial charge in [0.2, 0.25) is 5.79 Å². The summed E-state index contributed by atoms with van der Waals surface area (Å²) in [6.07, 6.45) is 10.6. The van der Waals surface area contributed by atoms with E-state index in [-0.39, 0.29) is 12.0 Å². The molecule has 0 aromatic rings. The second kappa shape index (κ2) is 8.64. The Hall–Kier alpha value is -0.0300. The maximum atomic E-state index is 12.0. The van der Waals surface area contributed by atoms with Crippen molar-refractivity contribution in [1.29, 1.82) is 0 Å². The van der Waals surface area contributed by atoms with Gasteiger partial charge in [-0.25, -0.2) is 0 Å². The van der Waals surface area contributed by atoms with E-state index in [0.717, 1.165) is 44.9 Å². The Bertz CT molecular complexity index is 759. The van der Waals surface area contributed by atoms with Crippen molar-refractivity contribution in [1.82, 2.24) is 0 Å². The SMILES string of the molecule is CC12CC=C3C4=C(CCC3C1CC[C@]2(O)C1(CO)OCCO1)CC(OCCOI)CC4. The molecule has 2 fully saturated rings. The molecule has 0 aromatic carbocycles. The molecule has 0 amide bonds. The van der Waals surface area contributed by atoms with Crippen molar-refractivity contribution < 1.29 is 27.5 Å². The van der Waals surface area contributed by atoms with Crippen LogP contribution >= 0.6 is 23.0 Å². The molecule has 1 saturated carbocycles. The quantitative estimate of drug-likeness (QED) is 0.390. The fourth-order valence-electron chi connectivity index (χ4n) is 7.48. The Morgan fingerprint density at radius 2 is 1.97 bits per heavy atom. The molecular weight excluding hydrogens is 511 g/mol. The Morgan fingerprint density at radius 1 is 1.16 bits per heavy atom. The fourth-order valence-corrected chi connectivity index (χ4v) is 7.66. The monoisotopic (exact) mass is 546 g/mol. The van der Waals surface area contributed by atoms with Gasteiger partial charge in [0.1, 0.15) is 35.2 Å². The number of halogens is 1. The summed E-state index contributed by atoms with van der Waals surface area (Å²) in [7, 11) is 0. The van der Waals surface area contributed by atoms with Gasteiger partial charge in [0.25, 0.3) is 0 Å². The van der Waals surface area contributed by atoms with Crippen molar-refractivity contribution >= 4 is 23.0 Å². The number of aliphatic hydroxyl groups is 2. The lowest BCUT2D eigenvalue weighted by Gasteiger charge is -2.54. The minimum atomic E-state index is -1.28. The fraction of sp³-hybridized carbons (Fsp3) is 0.833. The van der Waals surface area contributed by atoms with Gasteiger partial charge >= 0.3 is 0 Å². The van der Waals surface area contributed by atoms with Crippen LogP contribution in [0, 0.1) is 17.3 Å². The van der Waals surface area contributed by atoms with E-state index in [1.54, 1.807) is 11.1 Å². The molecule has 1 heterocycles. The summed E-state index contributed by atoms with van der Waals surface area (Å²) in [5.41, 5.74) is 3.17. The highest BCUT2D eigenvalue weighted by Crippen LogP contribution is 2.65. The van der Waals surface area contributed by atoms with E-state index >= 15 is 0 Å². The van der Waals surface area contributed by atoms with Gasteiger partial charge in [-0.05, 0) is 74.3 Å². The first kappa shape index (κ1) is 22.7. The third-order valence-electron chi connectivity index (χ3n) is 9.04. The zero-order valence-corrected chi connectivity index (χ0v) is 20.6. The highest BCUT2D eigenvalue weighted by atomic mass is 127. The number of aliphatic hydroxyl groups excluding tert-OH is 1. The van der Waals surface area contributed by atoms with Gasteiger partial charge in [0.15, 0.2) is 0 Å². The molecule has 0 aromatic heterocycles. The van der Waals surface area contributed by atoms with Crippen LogP contribution in [0.3, 0.4) is 0 Å². The molecule has 2 N–H and O–H groups in total. The Balaban J connectivity index is 1.39. The third kappa shape index (κ3) is 3.41. The summed E-state index contributed by atoms with van der Waals surface area (Å²) in [5.74, 6) is -0.413. The lowest BCUT2D eigenvalue weighted by molar-refractivity contribution is -0.314. The Morgan fingerprint density at radius 3 is 2.71 bits per heavy atom. The van der Waals surface area contributed by atoms with E-state index in [1.807, 2.05) is 23.0 Å². The number of hydrogen-bond donors (Lipinski definition) is 2. The van der Waals surface area contributed by atoms with Crippen LogP contribution in [0.2, 0.25) is 0 Å². The van der Waals surface area contributed by atoms with Crippen molar-refractivity contribution in [2.45, 2.75) is 75.8 Å². The predicted molar refractivity (Wildman–Crippen MR) is 124 cm³/mol. The van der Waals surface area contributed by atoms with E-state index in [0.29, 0.717) is 50.8 Å². The number of rotatable bonds is 6. The van der Waals surface area contributed by atoms with E-state index in [4.69, 9.17) is 17.3 Å². The number of fused-ring (bicyclic) bond motifs is 4. The molecule has 5 aliphatic rings. The summed E-state index contributed by atoms with van der Waals surface area (Å²) in [6, 6.07) is 0. The van der Waals surface area contributed by atoms with E-state index < -0.39 is 11.4 Å². The Kier molecular flexibility index (Phi) is 6.34. The summed E-state index contributed by atoms with van der Waals surface area (Å²) >= 11 is 1.92. The van der Waals surface area contributed by atoms with Crippen LogP contribution in [-0.2, 0) is 17.3 Å². The van der Waals surface area contributed by atoms with E-state index in [1.165, 1.54) is 5.57 Å². The van der Waals surface area contributed by atoms with Crippen molar-refractivity contribution in [2.24, 2.45) is 17.3 Å². The average Bonchev–Trinajstić information content (AvgIpc) is 3.38. The Labute approximate surface area is 199 Å². The molecule has 0 bridgehead atoms. The molecule has 1 aliphatic heterocycles. The number of allylic oxidation sites excluding steroid dienone is 3. The molecular formula is C24H35IO6. The van der Waals surface area contributed by atoms with Gasteiger partial charge in [-0.2, -0.15) is 0 Å². The smallest absolute Gasteiger partial charge is 0.222 e. The van der Waals surface area contributed by atoms with Crippen molar-refractivity contribution in [3.63, 3.8) is 0 Å². The van der Waals surface area contributed by atoms with Crippen molar-refractivity contribution in [3.05, 3.63) is 22.8 Å². The molecule has 5 atom stereocenters. The topological polar surface area (TPSA) is 77.4 Å². The molecule has 0 spiro atoms. The third-order valence-corrected chi connectivity index (χ3v) is 9.48. The molecule has 1 saturated heterocycles. The van der Waals surface area contributed by atoms with Gasteiger partial charge in [-0.3, -0.25) is 0 Å². The average molecular weight is 546 g/mol. The zero-order chi connectivity index (χ0) is 21.7. The first-order valence-corrected chi connectivity index (χ1v) is 12.7. The van der Waals surface area contributed by atoms with Crippen LogP contribution in [0.5, 0.6) is 0 Å². The minimum Gasteiger partial charge on any atom is -0.391 e. The maximum absolute atomic E-state index is 12.0. The molecule has 4 unspecified atom stereocenters. The largest absolute Gasteiger partial charge is 0.391 e. The minimum absolute atomic E-state index is 0.299. The second-order valence-corrected chi connectivity index (χ2v) is 10.8. The van der Waals surface area contributed by atoms with Gasteiger partial charge < -0.3 is 27.5 Å². The highest BCUT2D eigenvalue weighted by Gasteiger charge is 2.70.